The van der Waals surface area contributed by atoms with E-state index in [-0.39, 0.29) is 23.2 Å². The monoisotopic (exact) mass is 351 g/mol. The van der Waals surface area contributed by atoms with Crippen molar-refractivity contribution in [3.8, 4) is 0 Å². The number of carbonyl (C=O) groups is 1. The average Bonchev–Trinajstić information content (AvgIpc) is 2.62. The molecule has 3 aromatic rings. The zero-order valence-electron chi connectivity index (χ0n) is 14.9. The van der Waals surface area contributed by atoms with Gasteiger partial charge < -0.3 is 10.4 Å². The van der Waals surface area contributed by atoms with Gasteiger partial charge in [0.25, 0.3) is 11.5 Å². The van der Waals surface area contributed by atoms with Crippen molar-refractivity contribution in [2.75, 3.05) is 5.32 Å². The van der Waals surface area contributed by atoms with Gasteiger partial charge >= 0.3 is 0 Å². The molecule has 2 aromatic carbocycles. The Balaban J connectivity index is 2.02. The van der Waals surface area contributed by atoms with Gasteiger partial charge in [-0.3, -0.25) is 9.59 Å². The fraction of sp³-hybridized carbons (Fsp3) is 0.250. The van der Waals surface area contributed by atoms with E-state index in [9.17, 15) is 14.7 Å². The Hall–Kier alpha value is -2.99. The minimum atomic E-state index is -0.569. The third-order valence-electron chi connectivity index (χ3n) is 4.18. The second-order valence-corrected chi connectivity index (χ2v) is 6.49. The minimum Gasteiger partial charge on any atom is -0.389 e. The first-order valence-electron chi connectivity index (χ1n) is 8.49. The maximum atomic E-state index is 12.8. The zero-order chi connectivity index (χ0) is 18.8. The van der Waals surface area contributed by atoms with Gasteiger partial charge in [0, 0.05) is 11.1 Å². The van der Waals surface area contributed by atoms with Crippen molar-refractivity contribution in [1.82, 2.24) is 9.78 Å². The zero-order valence-corrected chi connectivity index (χ0v) is 14.9. The van der Waals surface area contributed by atoms with Crippen LogP contribution in [-0.2, 0) is 0 Å². The van der Waals surface area contributed by atoms with Crippen LogP contribution in [0.2, 0.25) is 0 Å². The first-order chi connectivity index (χ1) is 12.4. The second-order valence-electron chi connectivity index (χ2n) is 6.49. The Morgan fingerprint density at radius 1 is 1.04 bits per heavy atom. The molecule has 0 saturated carbocycles. The minimum absolute atomic E-state index is 0.163. The standard InChI is InChI=1S/C20H21N3O3/c1-12(2)23-20(26)17-7-5-4-6-16(17)18(22-23)19(25)21-15-10-8-14(9-11-15)13(3)24/h4-13,24H,1-3H3,(H,21,25)/t13-/m1/s1. The quantitative estimate of drug-likeness (QED) is 0.755. The number of aliphatic hydroxyl groups excluding tert-OH is 1. The molecule has 1 amide bonds. The summed E-state index contributed by atoms with van der Waals surface area (Å²) >= 11 is 0. The van der Waals surface area contributed by atoms with Crippen molar-refractivity contribution in [3.05, 3.63) is 70.1 Å². The molecule has 26 heavy (non-hydrogen) atoms. The molecule has 0 aliphatic rings. The van der Waals surface area contributed by atoms with Crippen LogP contribution in [-0.4, -0.2) is 20.8 Å². The fourth-order valence-corrected chi connectivity index (χ4v) is 2.76. The van der Waals surface area contributed by atoms with E-state index in [1.165, 1.54) is 4.68 Å². The van der Waals surface area contributed by atoms with Crippen LogP contribution < -0.4 is 10.9 Å². The number of anilines is 1. The maximum Gasteiger partial charge on any atom is 0.276 e. The van der Waals surface area contributed by atoms with E-state index < -0.39 is 6.10 Å². The van der Waals surface area contributed by atoms with Crippen LogP contribution >= 0.6 is 0 Å². The Morgan fingerprint density at radius 3 is 2.23 bits per heavy atom. The lowest BCUT2D eigenvalue weighted by Gasteiger charge is -2.13. The molecule has 1 atom stereocenters. The molecule has 3 rings (SSSR count). The molecule has 2 N–H and O–H groups in total. The topological polar surface area (TPSA) is 84.2 Å². The van der Waals surface area contributed by atoms with Crippen LogP contribution in [0.4, 0.5) is 5.69 Å². The summed E-state index contributed by atoms with van der Waals surface area (Å²) in [6.07, 6.45) is -0.569. The summed E-state index contributed by atoms with van der Waals surface area (Å²) in [4.78, 5) is 25.3. The highest BCUT2D eigenvalue weighted by molar-refractivity contribution is 6.11. The molecule has 0 saturated heterocycles. The Morgan fingerprint density at radius 2 is 1.65 bits per heavy atom. The second kappa shape index (κ2) is 7.09. The van der Waals surface area contributed by atoms with Gasteiger partial charge in [0.15, 0.2) is 5.69 Å². The molecule has 1 heterocycles. The Bertz CT molecular complexity index is 1000. The molecular weight excluding hydrogens is 330 g/mol. The van der Waals surface area contributed by atoms with Gasteiger partial charge in [0.2, 0.25) is 0 Å². The van der Waals surface area contributed by atoms with Crippen LogP contribution in [0, 0.1) is 0 Å². The van der Waals surface area contributed by atoms with E-state index >= 15 is 0 Å². The van der Waals surface area contributed by atoms with E-state index in [0.29, 0.717) is 16.5 Å². The van der Waals surface area contributed by atoms with E-state index in [0.717, 1.165) is 5.56 Å². The highest BCUT2D eigenvalue weighted by Crippen LogP contribution is 2.19. The molecule has 0 aliphatic heterocycles. The van der Waals surface area contributed by atoms with Gasteiger partial charge in [0.1, 0.15) is 0 Å². The number of hydrogen-bond acceptors (Lipinski definition) is 4. The maximum absolute atomic E-state index is 12.8. The van der Waals surface area contributed by atoms with Gasteiger partial charge in [-0.1, -0.05) is 30.3 Å². The molecule has 0 spiro atoms. The first-order valence-corrected chi connectivity index (χ1v) is 8.49. The number of rotatable bonds is 4. The van der Waals surface area contributed by atoms with Crippen molar-refractivity contribution < 1.29 is 9.90 Å². The average molecular weight is 351 g/mol. The Labute approximate surface area is 151 Å². The van der Waals surface area contributed by atoms with Crippen molar-refractivity contribution in [1.29, 1.82) is 0 Å². The van der Waals surface area contributed by atoms with Crippen molar-refractivity contribution in [2.45, 2.75) is 32.9 Å². The molecule has 6 nitrogen and oxygen atoms in total. The molecule has 6 heteroatoms. The number of hydrogen-bond donors (Lipinski definition) is 2. The lowest BCUT2D eigenvalue weighted by molar-refractivity contribution is 0.102. The van der Waals surface area contributed by atoms with Crippen LogP contribution in [0.15, 0.2) is 53.3 Å². The predicted octanol–water partition coefficient (Wildman–Crippen LogP) is 3.28. The summed E-state index contributed by atoms with van der Waals surface area (Å²) in [6.45, 7) is 5.37. The first kappa shape index (κ1) is 17.8. The summed E-state index contributed by atoms with van der Waals surface area (Å²) in [5.74, 6) is -0.389. The molecule has 0 unspecified atom stereocenters. The largest absolute Gasteiger partial charge is 0.389 e. The van der Waals surface area contributed by atoms with Gasteiger partial charge in [0.05, 0.1) is 17.5 Å². The number of fused-ring (bicyclic) bond motifs is 1. The number of amides is 1. The molecule has 134 valence electrons. The number of nitrogens with zero attached hydrogens (tertiary/aromatic N) is 2. The smallest absolute Gasteiger partial charge is 0.276 e. The van der Waals surface area contributed by atoms with Crippen LogP contribution in [0.25, 0.3) is 10.8 Å². The van der Waals surface area contributed by atoms with Crippen LogP contribution in [0.1, 0.15) is 49.0 Å². The lowest BCUT2D eigenvalue weighted by atomic mass is 10.1. The molecule has 1 aromatic heterocycles. The van der Waals surface area contributed by atoms with Crippen LogP contribution in [0.5, 0.6) is 0 Å². The van der Waals surface area contributed by atoms with Gasteiger partial charge in [-0.15, -0.1) is 0 Å². The highest BCUT2D eigenvalue weighted by atomic mass is 16.3. The summed E-state index contributed by atoms with van der Waals surface area (Å²) in [6, 6.07) is 13.8. The fourth-order valence-electron chi connectivity index (χ4n) is 2.76. The summed E-state index contributed by atoms with van der Waals surface area (Å²) in [7, 11) is 0. The number of nitrogens with one attached hydrogen (secondary N) is 1. The van der Waals surface area contributed by atoms with Gasteiger partial charge in [-0.25, -0.2) is 4.68 Å². The lowest BCUT2D eigenvalue weighted by Crippen LogP contribution is -2.28. The number of benzene rings is 2. The third kappa shape index (κ3) is 3.36. The number of aromatic nitrogens is 2. The van der Waals surface area contributed by atoms with E-state index in [4.69, 9.17) is 0 Å². The number of carbonyl (C=O) groups excluding carboxylic acids is 1. The summed E-state index contributed by atoms with van der Waals surface area (Å²) < 4.78 is 1.33. The third-order valence-corrected chi connectivity index (χ3v) is 4.18. The van der Waals surface area contributed by atoms with E-state index in [1.807, 2.05) is 13.8 Å². The Kier molecular flexibility index (Phi) is 4.86. The molecular formula is C20H21N3O3. The normalized spacial score (nSPS) is 12.3. The van der Waals surface area contributed by atoms with Gasteiger partial charge in [-0.2, -0.15) is 5.10 Å². The number of aliphatic hydroxyl groups is 1. The molecule has 0 aliphatic carbocycles. The predicted molar refractivity (Wildman–Crippen MR) is 101 cm³/mol. The van der Waals surface area contributed by atoms with Gasteiger partial charge in [-0.05, 0) is 44.5 Å². The molecule has 0 bridgehead atoms. The van der Waals surface area contributed by atoms with E-state index in [1.54, 1.807) is 55.5 Å². The van der Waals surface area contributed by atoms with Crippen molar-refractivity contribution in [2.24, 2.45) is 0 Å². The van der Waals surface area contributed by atoms with Crippen molar-refractivity contribution in [3.63, 3.8) is 0 Å². The summed E-state index contributed by atoms with van der Waals surface area (Å²) in [5, 5.41) is 17.7. The highest BCUT2D eigenvalue weighted by Gasteiger charge is 2.18. The summed E-state index contributed by atoms with van der Waals surface area (Å²) in [5.41, 5.74) is 1.34. The van der Waals surface area contributed by atoms with Crippen LogP contribution in [0.3, 0.4) is 0 Å². The van der Waals surface area contributed by atoms with Crippen molar-refractivity contribution >= 4 is 22.4 Å². The molecule has 0 fully saturated rings. The SMILES string of the molecule is CC(C)n1nc(C(=O)Nc2ccc([C@@H](C)O)cc2)c2ccccc2c1=O. The molecule has 0 radical (unpaired) electrons. The van der Waals surface area contributed by atoms with E-state index in [2.05, 4.69) is 10.4 Å².